The van der Waals surface area contributed by atoms with E-state index in [2.05, 4.69) is 32.0 Å². The zero-order chi connectivity index (χ0) is 12.3. The van der Waals surface area contributed by atoms with Gasteiger partial charge in [0.2, 0.25) is 5.91 Å². The van der Waals surface area contributed by atoms with Crippen molar-refractivity contribution in [2.24, 2.45) is 0 Å². The second kappa shape index (κ2) is 5.35. The first-order valence-corrected chi connectivity index (χ1v) is 6.68. The van der Waals surface area contributed by atoms with Crippen LogP contribution in [0, 0.1) is 0 Å². The molecule has 92 valence electrons. The van der Waals surface area contributed by atoms with Gasteiger partial charge in [-0.25, -0.2) is 0 Å². The van der Waals surface area contributed by atoms with Crippen LogP contribution in [0.4, 0.5) is 5.69 Å². The lowest BCUT2D eigenvalue weighted by Crippen LogP contribution is -2.43. The molecule has 2 heteroatoms. The molecule has 1 aromatic rings. The van der Waals surface area contributed by atoms with Gasteiger partial charge in [0, 0.05) is 18.7 Å². The normalized spacial score (nSPS) is 14.9. The molecule has 1 heterocycles. The molecule has 2 rings (SSSR count). The predicted octanol–water partition coefficient (Wildman–Crippen LogP) is 3.33. The van der Waals surface area contributed by atoms with Crippen molar-refractivity contribution in [3.05, 3.63) is 29.3 Å². The molecule has 0 atom stereocenters. The lowest BCUT2D eigenvalue weighted by atomic mass is 9.98. The summed E-state index contributed by atoms with van der Waals surface area (Å²) < 4.78 is 0. The number of rotatable bonds is 5. The highest BCUT2D eigenvalue weighted by Crippen LogP contribution is 2.26. The Morgan fingerprint density at radius 3 is 2.35 bits per heavy atom. The maximum atomic E-state index is 11.4. The van der Waals surface area contributed by atoms with Crippen LogP contribution in [0.15, 0.2) is 18.2 Å². The van der Waals surface area contributed by atoms with Crippen molar-refractivity contribution in [1.29, 1.82) is 0 Å². The Labute approximate surface area is 104 Å². The minimum Gasteiger partial charge on any atom is -0.312 e. The number of aryl methyl sites for hydroxylation is 2. The number of hydrogen-bond donors (Lipinski definition) is 0. The van der Waals surface area contributed by atoms with Crippen molar-refractivity contribution >= 4 is 11.6 Å². The van der Waals surface area contributed by atoms with Gasteiger partial charge >= 0.3 is 0 Å². The van der Waals surface area contributed by atoms with Crippen molar-refractivity contribution in [3.8, 4) is 0 Å². The van der Waals surface area contributed by atoms with Gasteiger partial charge in [0.25, 0.3) is 0 Å². The largest absolute Gasteiger partial charge is 0.312 e. The summed E-state index contributed by atoms with van der Waals surface area (Å²) in [6.45, 7) is 5.30. The molecule has 0 aliphatic carbocycles. The van der Waals surface area contributed by atoms with Gasteiger partial charge in [-0.1, -0.05) is 32.8 Å². The molecule has 1 amide bonds. The van der Waals surface area contributed by atoms with Gasteiger partial charge in [-0.05, 0) is 36.1 Å². The van der Waals surface area contributed by atoms with Crippen molar-refractivity contribution < 1.29 is 4.79 Å². The molecule has 0 unspecified atom stereocenters. The van der Waals surface area contributed by atoms with Gasteiger partial charge < -0.3 is 4.90 Å². The number of hydrogen-bond acceptors (Lipinski definition) is 1. The number of carbonyl (C=O) groups excluding carboxylic acids is 1. The number of carbonyl (C=O) groups is 1. The van der Waals surface area contributed by atoms with Gasteiger partial charge in [0.1, 0.15) is 0 Å². The Kier molecular flexibility index (Phi) is 3.82. The SMILES string of the molecule is CCCc1ccc(N2CCC2=O)cc1CCC. The first kappa shape index (κ1) is 12.2. The molecule has 1 aromatic carbocycles. The molecule has 17 heavy (non-hydrogen) atoms. The maximum Gasteiger partial charge on any atom is 0.228 e. The zero-order valence-electron chi connectivity index (χ0n) is 10.8. The molecule has 1 fully saturated rings. The average Bonchev–Trinajstić information content (AvgIpc) is 2.31. The molecule has 0 saturated carbocycles. The number of nitrogens with zero attached hydrogens (tertiary/aromatic N) is 1. The monoisotopic (exact) mass is 231 g/mol. The van der Waals surface area contributed by atoms with Crippen LogP contribution in [0.3, 0.4) is 0 Å². The maximum absolute atomic E-state index is 11.4. The van der Waals surface area contributed by atoms with Crippen LogP contribution in [0.1, 0.15) is 44.2 Å². The minimum absolute atomic E-state index is 0.260. The topological polar surface area (TPSA) is 20.3 Å². The van der Waals surface area contributed by atoms with Crippen LogP contribution in [0.25, 0.3) is 0 Å². The summed E-state index contributed by atoms with van der Waals surface area (Å²) in [4.78, 5) is 13.3. The summed E-state index contributed by atoms with van der Waals surface area (Å²) in [6, 6.07) is 6.52. The smallest absolute Gasteiger partial charge is 0.228 e. The highest BCUT2D eigenvalue weighted by molar-refractivity contribution is 5.99. The minimum atomic E-state index is 0.260. The molecule has 0 aromatic heterocycles. The quantitative estimate of drug-likeness (QED) is 0.712. The van der Waals surface area contributed by atoms with Crippen LogP contribution in [-0.2, 0) is 17.6 Å². The molecule has 0 radical (unpaired) electrons. The highest BCUT2D eigenvalue weighted by Gasteiger charge is 2.25. The lowest BCUT2D eigenvalue weighted by Gasteiger charge is -2.31. The molecule has 0 spiro atoms. The van der Waals surface area contributed by atoms with Crippen LogP contribution in [-0.4, -0.2) is 12.5 Å². The molecule has 1 aliphatic heterocycles. The summed E-state index contributed by atoms with van der Waals surface area (Å²) in [5.41, 5.74) is 3.96. The fraction of sp³-hybridized carbons (Fsp3) is 0.533. The van der Waals surface area contributed by atoms with Crippen molar-refractivity contribution in [1.82, 2.24) is 0 Å². The molecule has 0 N–H and O–H groups in total. The standard InChI is InChI=1S/C15H21NO/c1-3-5-12-7-8-14(11-13(12)6-4-2)16-10-9-15(16)17/h7-8,11H,3-6,9-10H2,1-2H3. The number of amides is 1. The van der Waals surface area contributed by atoms with Gasteiger partial charge in [0.05, 0.1) is 0 Å². The van der Waals surface area contributed by atoms with Crippen molar-refractivity contribution in [2.45, 2.75) is 46.0 Å². The van der Waals surface area contributed by atoms with E-state index in [1.165, 1.54) is 17.5 Å². The predicted molar refractivity (Wildman–Crippen MR) is 71.4 cm³/mol. The molecule has 2 nitrogen and oxygen atoms in total. The Balaban J connectivity index is 2.24. The number of β-lactam (4-membered cyclic amide) rings is 1. The Morgan fingerprint density at radius 2 is 1.82 bits per heavy atom. The first-order valence-electron chi connectivity index (χ1n) is 6.68. The van der Waals surface area contributed by atoms with E-state index in [1.807, 2.05) is 4.90 Å². The van der Waals surface area contributed by atoms with Gasteiger partial charge in [-0.3, -0.25) is 4.79 Å². The average molecular weight is 231 g/mol. The van der Waals surface area contributed by atoms with E-state index in [0.29, 0.717) is 6.42 Å². The van der Waals surface area contributed by atoms with Gasteiger partial charge in [0.15, 0.2) is 0 Å². The molecule has 0 bridgehead atoms. The summed E-state index contributed by atoms with van der Waals surface area (Å²) in [7, 11) is 0. The molecule has 1 saturated heterocycles. The van der Waals surface area contributed by atoms with E-state index in [9.17, 15) is 4.79 Å². The second-order valence-corrected chi connectivity index (χ2v) is 4.75. The Hall–Kier alpha value is -1.31. The Bertz CT molecular complexity index is 411. The summed E-state index contributed by atoms with van der Waals surface area (Å²) in [6.07, 6.45) is 5.31. The molecular weight excluding hydrogens is 210 g/mol. The summed E-state index contributed by atoms with van der Waals surface area (Å²) in [5, 5.41) is 0. The number of anilines is 1. The van der Waals surface area contributed by atoms with Crippen molar-refractivity contribution in [2.75, 3.05) is 11.4 Å². The molecular formula is C15H21NO. The van der Waals surface area contributed by atoms with E-state index < -0.39 is 0 Å². The van der Waals surface area contributed by atoms with E-state index in [0.717, 1.165) is 31.5 Å². The second-order valence-electron chi connectivity index (χ2n) is 4.75. The van der Waals surface area contributed by atoms with Crippen molar-refractivity contribution in [3.63, 3.8) is 0 Å². The zero-order valence-corrected chi connectivity index (χ0v) is 10.8. The van der Waals surface area contributed by atoms with E-state index in [-0.39, 0.29) is 5.91 Å². The van der Waals surface area contributed by atoms with Gasteiger partial charge in [-0.2, -0.15) is 0 Å². The van der Waals surface area contributed by atoms with E-state index >= 15 is 0 Å². The number of benzene rings is 1. The van der Waals surface area contributed by atoms with Gasteiger partial charge in [-0.15, -0.1) is 0 Å². The highest BCUT2D eigenvalue weighted by atomic mass is 16.2. The third kappa shape index (κ3) is 2.51. The summed E-state index contributed by atoms with van der Waals surface area (Å²) in [5.74, 6) is 0.260. The molecule has 1 aliphatic rings. The van der Waals surface area contributed by atoms with Crippen LogP contribution < -0.4 is 4.90 Å². The van der Waals surface area contributed by atoms with Crippen LogP contribution in [0.2, 0.25) is 0 Å². The fourth-order valence-electron chi connectivity index (χ4n) is 2.38. The van der Waals surface area contributed by atoms with Crippen LogP contribution >= 0.6 is 0 Å². The summed E-state index contributed by atoms with van der Waals surface area (Å²) >= 11 is 0. The third-order valence-electron chi connectivity index (χ3n) is 3.39. The first-order chi connectivity index (χ1) is 8.26. The van der Waals surface area contributed by atoms with E-state index in [1.54, 1.807) is 0 Å². The third-order valence-corrected chi connectivity index (χ3v) is 3.39. The lowest BCUT2D eigenvalue weighted by molar-refractivity contribution is -0.122. The van der Waals surface area contributed by atoms with Crippen LogP contribution in [0.5, 0.6) is 0 Å². The van der Waals surface area contributed by atoms with E-state index in [4.69, 9.17) is 0 Å². The fourth-order valence-corrected chi connectivity index (χ4v) is 2.38. The Morgan fingerprint density at radius 1 is 1.12 bits per heavy atom.